The molecule has 190 valence electrons. The van der Waals surface area contributed by atoms with Crippen LogP contribution in [0.5, 0.6) is 0 Å². The summed E-state index contributed by atoms with van der Waals surface area (Å²) in [7, 11) is -3.56. The van der Waals surface area contributed by atoms with Gasteiger partial charge in [0.2, 0.25) is 5.91 Å². The van der Waals surface area contributed by atoms with E-state index < -0.39 is 57.3 Å². The summed E-state index contributed by atoms with van der Waals surface area (Å²) in [5, 5.41) is 16.9. The van der Waals surface area contributed by atoms with Crippen LogP contribution in [0.1, 0.15) is 50.1 Å². The van der Waals surface area contributed by atoms with E-state index in [1.807, 2.05) is 0 Å². The van der Waals surface area contributed by atoms with E-state index in [1.54, 1.807) is 25.7 Å². The maximum Gasteiger partial charge on any atom is 0.408 e. The van der Waals surface area contributed by atoms with Crippen molar-refractivity contribution in [2.24, 2.45) is 0 Å². The van der Waals surface area contributed by atoms with Gasteiger partial charge >= 0.3 is 6.09 Å². The van der Waals surface area contributed by atoms with Crippen molar-refractivity contribution < 1.29 is 31.9 Å². The zero-order chi connectivity index (χ0) is 25.9. The first-order chi connectivity index (χ1) is 16.2. The maximum absolute atomic E-state index is 14.7. The molecule has 2 aromatic rings. The van der Waals surface area contributed by atoms with Gasteiger partial charge in [0.1, 0.15) is 11.6 Å². The monoisotopic (exact) mass is 511 g/mol. The molecule has 2 aliphatic heterocycles. The number of aromatic nitrogens is 2. The molecule has 0 spiro atoms. The van der Waals surface area contributed by atoms with E-state index in [-0.39, 0.29) is 25.1 Å². The molecule has 1 unspecified atom stereocenters. The van der Waals surface area contributed by atoms with Gasteiger partial charge in [-0.05, 0) is 45.4 Å². The van der Waals surface area contributed by atoms with Gasteiger partial charge in [-0.15, -0.1) is 0 Å². The van der Waals surface area contributed by atoms with Gasteiger partial charge in [0, 0.05) is 36.0 Å². The summed E-state index contributed by atoms with van der Waals surface area (Å²) in [6.07, 6.45) is 1.19. The second-order valence-corrected chi connectivity index (χ2v) is 11.8. The van der Waals surface area contributed by atoms with Crippen molar-refractivity contribution in [3.8, 4) is 0 Å². The topological polar surface area (TPSA) is 125 Å². The van der Waals surface area contributed by atoms with Crippen molar-refractivity contribution in [3.63, 3.8) is 0 Å². The van der Waals surface area contributed by atoms with Crippen molar-refractivity contribution in [3.05, 3.63) is 52.9 Å². The number of fused-ring (bicyclic) bond motifs is 1. The van der Waals surface area contributed by atoms with Crippen LogP contribution in [0.4, 0.5) is 13.6 Å². The molecule has 35 heavy (non-hydrogen) atoms. The van der Waals surface area contributed by atoms with E-state index in [0.29, 0.717) is 11.3 Å². The highest BCUT2D eigenvalue weighted by Crippen LogP contribution is 2.37. The number of halogens is 2. The Morgan fingerprint density at radius 2 is 1.94 bits per heavy atom. The Labute approximate surface area is 201 Å². The zero-order valence-electron chi connectivity index (χ0n) is 19.7. The number of carbonyl (C=O) groups is 2. The Morgan fingerprint density at radius 1 is 1.26 bits per heavy atom. The number of carboxylic acid groups (broad SMARTS) is 1. The molecule has 1 saturated heterocycles. The third kappa shape index (κ3) is 4.74. The van der Waals surface area contributed by atoms with Crippen molar-refractivity contribution in [2.75, 3.05) is 6.26 Å². The smallest absolute Gasteiger partial charge is 0.408 e. The van der Waals surface area contributed by atoms with Crippen molar-refractivity contribution in [1.82, 2.24) is 24.3 Å². The van der Waals surface area contributed by atoms with Crippen molar-refractivity contribution >= 4 is 22.0 Å². The Kier molecular flexibility index (Phi) is 6.12. The molecule has 2 aliphatic rings. The summed E-state index contributed by atoms with van der Waals surface area (Å²) in [6, 6.07) is 0.0622. The van der Waals surface area contributed by atoms with E-state index in [4.69, 9.17) is 0 Å². The predicted molar refractivity (Wildman–Crippen MR) is 121 cm³/mol. The highest BCUT2D eigenvalue weighted by atomic mass is 32.2. The maximum atomic E-state index is 14.7. The third-order valence-corrected chi connectivity index (χ3v) is 7.23. The lowest BCUT2D eigenvalue weighted by Crippen LogP contribution is -2.63. The second kappa shape index (κ2) is 8.55. The van der Waals surface area contributed by atoms with Crippen LogP contribution in [0.2, 0.25) is 0 Å². The Hall–Kier alpha value is -3.06. The van der Waals surface area contributed by atoms with Crippen LogP contribution < -0.4 is 5.32 Å². The molecule has 3 heterocycles. The van der Waals surface area contributed by atoms with Gasteiger partial charge in [-0.3, -0.25) is 14.6 Å². The molecule has 10 nitrogen and oxygen atoms in total. The predicted octanol–water partition coefficient (Wildman–Crippen LogP) is 2.06. The SMILES string of the molecule is CC(C)(C)N(C(=O)O)[C@H]1CC(N2Cc3cn(S(C)(=O)=O)nc3C2)C(=O)N[C@H]1c1cc(F)ccc1F. The summed E-state index contributed by atoms with van der Waals surface area (Å²) in [5.74, 6) is -1.92. The molecule has 2 N–H and O–H groups in total. The Balaban J connectivity index is 1.69. The van der Waals surface area contributed by atoms with Crippen LogP contribution in [0.25, 0.3) is 0 Å². The summed E-state index contributed by atoms with van der Waals surface area (Å²) < 4.78 is 53.2. The van der Waals surface area contributed by atoms with E-state index in [2.05, 4.69) is 10.4 Å². The number of carbonyl (C=O) groups excluding carboxylic acids is 1. The highest BCUT2D eigenvalue weighted by molar-refractivity contribution is 7.89. The molecule has 1 aromatic carbocycles. The van der Waals surface area contributed by atoms with Crippen molar-refractivity contribution in [2.45, 2.75) is 63.9 Å². The largest absolute Gasteiger partial charge is 0.465 e. The number of hydrogen-bond acceptors (Lipinski definition) is 6. The van der Waals surface area contributed by atoms with Gasteiger partial charge in [-0.25, -0.2) is 22.0 Å². The van der Waals surface area contributed by atoms with Crippen LogP contribution in [-0.4, -0.2) is 68.4 Å². The first-order valence-electron chi connectivity index (χ1n) is 11.0. The summed E-state index contributed by atoms with van der Waals surface area (Å²) in [5.41, 5.74) is 0.106. The van der Waals surface area contributed by atoms with Gasteiger partial charge in [0.15, 0.2) is 0 Å². The first kappa shape index (κ1) is 25.0. The van der Waals surface area contributed by atoms with Gasteiger partial charge < -0.3 is 10.4 Å². The van der Waals surface area contributed by atoms with Gasteiger partial charge in [0.05, 0.1) is 30.1 Å². The van der Waals surface area contributed by atoms with E-state index in [1.165, 1.54) is 6.20 Å². The molecule has 13 heteroatoms. The van der Waals surface area contributed by atoms with E-state index in [0.717, 1.165) is 33.4 Å². The van der Waals surface area contributed by atoms with E-state index >= 15 is 0 Å². The minimum absolute atomic E-state index is 0.0202. The number of nitrogens with one attached hydrogen (secondary N) is 1. The quantitative estimate of drug-likeness (QED) is 0.644. The molecule has 1 fully saturated rings. The average Bonchev–Trinajstić information content (AvgIpc) is 3.29. The molecule has 0 aliphatic carbocycles. The van der Waals surface area contributed by atoms with Crippen LogP contribution >= 0.6 is 0 Å². The second-order valence-electron chi connectivity index (χ2n) is 9.94. The number of rotatable bonds is 4. The fourth-order valence-electron chi connectivity index (χ4n) is 4.89. The van der Waals surface area contributed by atoms with Gasteiger partial charge in [-0.2, -0.15) is 9.19 Å². The summed E-state index contributed by atoms with van der Waals surface area (Å²) >= 11 is 0. The fraction of sp³-hybridized carbons (Fsp3) is 0.500. The molecule has 2 amide bonds. The van der Waals surface area contributed by atoms with Gasteiger partial charge in [0.25, 0.3) is 10.0 Å². The molecule has 3 atom stereocenters. The Morgan fingerprint density at radius 3 is 2.51 bits per heavy atom. The molecule has 4 rings (SSSR count). The number of benzene rings is 1. The zero-order valence-corrected chi connectivity index (χ0v) is 20.5. The number of nitrogens with zero attached hydrogens (tertiary/aromatic N) is 4. The van der Waals surface area contributed by atoms with E-state index in [9.17, 15) is 31.9 Å². The lowest BCUT2D eigenvalue weighted by Gasteiger charge is -2.48. The normalized spacial score (nSPS) is 23.1. The highest BCUT2D eigenvalue weighted by Gasteiger charge is 2.48. The lowest BCUT2D eigenvalue weighted by molar-refractivity contribution is -0.133. The van der Waals surface area contributed by atoms with Crippen LogP contribution in [0.3, 0.4) is 0 Å². The average molecular weight is 512 g/mol. The number of amides is 2. The van der Waals surface area contributed by atoms with Crippen LogP contribution in [-0.2, 0) is 27.9 Å². The Bertz CT molecular complexity index is 1270. The third-order valence-electron chi connectivity index (χ3n) is 6.37. The van der Waals surface area contributed by atoms with Crippen LogP contribution in [0.15, 0.2) is 24.4 Å². The minimum Gasteiger partial charge on any atom is -0.465 e. The number of piperidine rings is 1. The summed E-state index contributed by atoms with van der Waals surface area (Å²) in [6.45, 7) is 5.48. The molecule has 1 aromatic heterocycles. The van der Waals surface area contributed by atoms with Gasteiger partial charge in [-0.1, -0.05) is 0 Å². The van der Waals surface area contributed by atoms with Crippen LogP contribution in [0, 0.1) is 11.6 Å². The molecule has 0 bridgehead atoms. The number of hydrogen-bond donors (Lipinski definition) is 2. The fourth-order valence-corrected chi connectivity index (χ4v) is 5.46. The first-order valence-corrected chi connectivity index (χ1v) is 12.8. The molecule has 0 radical (unpaired) electrons. The lowest BCUT2D eigenvalue weighted by atomic mass is 9.85. The molecule has 0 saturated carbocycles. The molecular weight excluding hydrogens is 484 g/mol. The summed E-state index contributed by atoms with van der Waals surface area (Å²) in [4.78, 5) is 28.4. The standard InChI is InChI=1S/C22H27F2N5O5S/c1-22(2,3)29(21(31)32)17-8-18(20(30)25-19(17)14-7-13(23)5-6-15(14)24)27-9-12-10-28(35(4,33)34)26-16(12)11-27/h5-7,10,17-19H,8-9,11H2,1-4H3,(H,25,30)(H,31,32)/t17-,18?,19-/m0/s1. The van der Waals surface area contributed by atoms with Crippen molar-refractivity contribution in [1.29, 1.82) is 0 Å². The minimum atomic E-state index is -3.56. The molecular formula is C22H27F2N5O5S.